The second kappa shape index (κ2) is 4.38. The molecule has 0 radical (unpaired) electrons. The molecule has 7 heteroatoms. The van der Waals surface area contributed by atoms with Gasteiger partial charge in [-0.05, 0) is 25.3 Å². The van der Waals surface area contributed by atoms with Crippen molar-refractivity contribution in [2.75, 3.05) is 7.05 Å². The predicted octanol–water partition coefficient (Wildman–Crippen LogP) is 2.17. The molecule has 1 aromatic rings. The number of nitriles is 1. The van der Waals surface area contributed by atoms with Crippen LogP contribution < -0.4 is 0 Å². The molecular formula is C11H11N3O3S. The van der Waals surface area contributed by atoms with Crippen molar-refractivity contribution in [1.29, 1.82) is 5.26 Å². The van der Waals surface area contributed by atoms with E-state index in [1.165, 1.54) is 17.0 Å². The molecule has 2 rings (SSSR count). The van der Waals surface area contributed by atoms with E-state index in [0.717, 1.165) is 17.8 Å². The number of carbonyl (C=O) groups excluding carboxylic acids is 1. The van der Waals surface area contributed by atoms with E-state index in [1.807, 2.05) is 0 Å². The number of hydrogen-bond donors (Lipinski definition) is 0. The molecule has 0 atom stereocenters. The molecule has 0 aliphatic heterocycles. The van der Waals surface area contributed by atoms with E-state index >= 15 is 0 Å². The fraction of sp³-hybridized carbons (Fsp3) is 0.455. The summed E-state index contributed by atoms with van der Waals surface area (Å²) in [5.41, 5.74) is -0.726. The Kier molecular flexibility index (Phi) is 3.05. The highest BCUT2D eigenvalue weighted by atomic mass is 32.1. The quantitative estimate of drug-likeness (QED) is 0.619. The van der Waals surface area contributed by atoms with Gasteiger partial charge in [-0.25, -0.2) is 0 Å². The second-order valence-corrected chi connectivity index (χ2v) is 5.32. The van der Waals surface area contributed by atoms with Crippen molar-refractivity contribution < 1.29 is 9.72 Å². The van der Waals surface area contributed by atoms with Crippen molar-refractivity contribution >= 4 is 22.2 Å². The van der Waals surface area contributed by atoms with Crippen molar-refractivity contribution in [3.8, 4) is 6.07 Å². The summed E-state index contributed by atoms with van der Waals surface area (Å²) in [6.45, 7) is 0. The van der Waals surface area contributed by atoms with Crippen LogP contribution in [0.5, 0.6) is 0 Å². The molecule has 0 saturated heterocycles. The maximum absolute atomic E-state index is 12.1. The van der Waals surface area contributed by atoms with Gasteiger partial charge >= 0.3 is 5.00 Å². The molecule has 1 fully saturated rings. The van der Waals surface area contributed by atoms with Gasteiger partial charge in [-0.15, -0.1) is 0 Å². The molecule has 0 spiro atoms. The maximum atomic E-state index is 12.1. The standard InChI is InChI=1S/C11H11N3O3S/c1-13(11(7-12)5-2-6-11)10(15)8-3-4-9(18-8)14(16)17/h3-4H,2,5-6H2,1H3. The van der Waals surface area contributed by atoms with Crippen LogP contribution in [0.2, 0.25) is 0 Å². The summed E-state index contributed by atoms with van der Waals surface area (Å²) >= 11 is 0.839. The summed E-state index contributed by atoms with van der Waals surface area (Å²) in [7, 11) is 1.58. The van der Waals surface area contributed by atoms with Crippen LogP contribution in [0.15, 0.2) is 12.1 Å². The summed E-state index contributed by atoms with van der Waals surface area (Å²) in [5.74, 6) is -0.325. The van der Waals surface area contributed by atoms with E-state index in [-0.39, 0.29) is 10.9 Å². The first-order chi connectivity index (χ1) is 8.50. The third-order valence-electron chi connectivity index (χ3n) is 3.32. The van der Waals surface area contributed by atoms with E-state index in [1.54, 1.807) is 7.05 Å². The first-order valence-electron chi connectivity index (χ1n) is 5.44. The summed E-state index contributed by atoms with van der Waals surface area (Å²) < 4.78 is 0. The molecular weight excluding hydrogens is 254 g/mol. The van der Waals surface area contributed by atoms with Crippen molar-refractivity contribution in [3.63, 3.8) is 0 Å². The van der Waals surface area contributed by atoms with Gasteiger partial charge in [0, 0.05) is 13.1 Å². The molecule has 1 aromatic heterocycles. The number of thiophene rings is 1. The van der Waals surface area contributed by atoms with Gasteiger partial charge in [0.2, 0.25) is 0 Å². The molecule has 18 heavy (non-hydrogen) atoms. The average molecular weight is 265 g/mol. The monoisotopic (exact) mass is 265 g/mol. The Balaban J connectivity index is 2.20. The summed E-state index contributed by atoms with van der Waals surface area (Å²) in [6, 6.07) is 4.92. The van der Waals surface area contributed by atoms with Gasteiger partial charge in [0.15, 0.2) is 0 Å². The Morgan fingerprint density at radius 3 is 2.67 bits per heavy atom. The SMILES string of the molecule is CN(C(=O)c1ccc([N+](=O)[O-])s1)C1(C#N)CCC1. The van der Waals surface area contributed by atoms with Gasteiger partial charge in [0.25, 0.3) is 5.91 Å². The molecule has 0 bridgehead atoms. The predicted molar refractivity (Wildman–Crippen MR) is 65.3 cm³/mol. The lowest BCUT2D eigenvalue weighted by molar-refractivity contribution is -0.380. The number of hydrogen-bond acceptors (Lipinski definition) is 5. The van der Waals surface area contributed by atoms with Crippen LogP contribution in [-0.2, 0) is 0 Å². The fourth-order valence-corrected chi connectivity index (χ4v) is 2.73. The van der Waals surface area contributed by atoms with E-state index < -0.39 is 10.5 Å². The Hall–Kier alpha value is -1.94. The molecule has 6 nitrogen and oxygen atoms in total. The summed E-state index contributed by atoms with van der Waals surface area (Å²) in [4.78, 5) is 23.9. The Labute approximate surface area is 108 Å². The number of nitrogens with zero attached hydrogens (tertiary/aromatic N) is 3. The van der Waals surface area contributed by atoms with Crippen molar-refractivity contribution in [2.24, 2.45) is 0 Å². The van der Waals surface area contributed by atoms with Gasteiger partial charge in [0.1, 0.15) is 5.54 Å². The molecule has 1 aliphatic rings. The van der Waals surface area contributed by atoms with E-state index in [4.69, 9.17) is 5.26 Å². The number of rotatable bonds is 3. The Morgan fingerprint density at radius 1 is 1.61 bits per heavy atom. The molecule has 94 valence electrons. The van der Waals surface area contributed by atoms with Gasteiger partial charge in [0.05, 0.1) is 15.9 Å². The molecule has 0 N–H and O–H groups in total. The number of amides is 1. The lowest BCUT2D eigenvalue weighted by atomic mass is 9.76. The van der Waals surface area contributed by atoms with Gasteiger partial charge in [-0.2, -0.15) is 5.26 Å². The highest BCUT2D eigenvalue weighted by Crippen LogP contribution is 2.37. The normalized spacial score (nSPS) is 16.4. The fourth-order valence-electron chi connectivity index (χ4n) is 1.93. The number of nitro groups is 1. The first kappa shape index (κ1) is 12.5. The molecule has 1 aliphatic carbocycles. The third kappa shape index (κ3) is 1.84. The largest absolute Gasteiger partial charge is 0.324 e. The van der Waals surface area contributed by atoms with Crippen molar-refractivity contribution in [3.05, 3.63) is 27.1 Å². The lowest BCUT2D eigenvalue weighted by Gasteiger charge is -2.42. The highest BCUT2D eigenvalue weighted by Gasteiger charge is 2.44. The minimum atomic E-state index is -0.726. The van der Waals surface area contributed by atoms with Crippen molar-refractivity contribution in [1.82, 2.24) is 4.90 Å². The van der Waals surface area contributed by atoms with Gasteiger partial charge in [-0.3, -0.25) is 14.9 Å². The van der Waals surface area contributed by atoms with E-state index in [2.05, 4.69) is 6.07 Å². The van der Waals surface area contributed by atoms with E-state index in [9.17, 15) is 14.9 Å². The van der Waals surface area contributed by atoms with E-state index in [0.29, 0.717) is 17.7 Å². The molecule has 1 heterocycles. The van der Waals surface area contributed by atoms with Crippen LogP contribution in [0.25, 0.3) is 0 Å². The lowest BCUT2D eigenvalue weighted by Crippen LogP contribution is -2.53. The van der Waals surface area contributed by atoms with Crippen LogP contribution >= 0.6 is 11.3 Å². The van der Waals surface area contributed by atoms with Crippen molar-refractivity contribution in [2.45, 2.75) is 24.8 Å². The maximum Gasteiger partial charge on any atom is 0.324 e. The molecule has 0 unspecified atom stereocenters. The minimum Gasteiger partial charge on any atom is -0.322 e. The van der Waals surface area contributed by atoms with Crippen LogP contribution in [0.4, 0.5) is 5.00 Å². The summed E-state index contributed by atoms with van der Waals surface area (Å²) in [6.07, 6.45) is 2.26. The topological polar surface area (TPSA) is 87.2 Å². The van der Waals surface area contributed by atoms with Crippen LogP contribution in [0.1, 0.15) is 28.9 Å². The highest BCUT2D eigenvalue weighted by molar-refractivity contribution is 7.17. The smallest absolute Gasteiger partial charge is 0.322 e. The zero-order valence-electron chi connectivity index (χ0n) is 9.75. The Morgan fingerprint density at radius 2 is 2.28 bits per heavy atom. The van der Waals surface area contributed by atoms with Crippen LogP contribution in [0, 0.1) is 21.4 Å². The van der Waals surface area contributed by atoms with Gasteiger partial charge in [-0.1, -0.05) is 11.3 Å². The van der Waals surface area contributed by atoms with Gasteiger partial charge < -0.3 is 4.90 Å². The molecule has 1 saturated carbocycles. The first-order valence-corrected chi connectivity index (χ1v) is 6.25. The average Bonchev–Trinajstić information content (AvgIpc) is 2.76. The third-order valence-corrected chi connectivity index (χ3v) is 4.34. The zero-order valence-corrected chi connectivity index (χ0v) is 10.6. The zero-order chi connectivity index (χ0) is 13.3. The summed E-state index contributed by atoms with van der Waals surface area (Å²) in [5, 5.41) is 19.6. The Bertz CT molecular complexity index is 542. The second-order valence-electron chi connectivity index (χ2n) is 4.26. The van der Waals surface area contributed by atoms with Crippen LogP contribution in [-0.4, -0.2) is 28.3 Å². The molecule has 0 aromatic carbocycles. The number of carbonyl (C=O) groups is 1. The molecule has 1 amide bonds. The van der Waals surface area contributed by atoms with Crippen LogP contribution in [0.3, 0.4) is 0 Å². The minimum absolute atomic E-state index is 0.0635.